The quantitative estimate of drug-likeness (QED) is 0.781. The van der Waals surface area contributed by atoms with Crippen LogP contribution in [0.3, 0.4) is 0 Å². The van der Waals surface area contributed by atoms with E-state index in [1.54, 1.807) is 13.0 Å². The molecule has 0 aromatic carbocycles. The first kappa shape index (κ1) is 11.2. The molecular weight excluding hydrogens is 234 g/mol. The molecular formula is C11H15N5O2. The molecule has 1 saturated heterocycles. The van der Waals surface area contributed by atoms with E-state index in [9.17, 15) is 4.79 Å². The fourth-order valence-electron chi connectivity index (χ4n) is 2.20. The topological polar surface area (TPSA) is 84.3 Å². The van der Waals surface area contributed by atoms with Crippen molar-refractivity contribution in [2.24, 2.45) is 5.92 Å². The lowest BCUT2D eigenvalue weighted by Crippen LogP contribution is -2.17. The molecule has 2 N–H and O–H groups in total. The van der Waals surface area contributed by atoms with Gasteiger partial charge in [0.25, 0.3) is 0 Å². The van der Waals surface area contributed by atoms with Gasteiger partial charge in [0.2, 0.25) is 5.88 Å². The molecule has 0 saturated carbocycles. The Morgan fingerprint density at radius 3 is 3.28 bits per heavy atom. The third-order valence-electron chi connectivity index (χ3n) is 3.18. The summed E-state index contributed by atoms with van der Waals surface area (Å²) in [6, 6.07) is 1.67. The highest BCUT2D eigenvalue weighted by Gasteiger charge is 2.16. The van der Waals surface area contributed by atoms with Crippen LogP contribution in [0.1, 0.15) is 12.2 Å². The molecule has 2 aromatic heterocycles. The second kappa shape index (κ2) is 4.41. The van der Waals surface area contributed by atoms with Crippen molar-refractivity contribution < 1.29 is 4.74 Å². The summed E-state index contributed by atoms with van der Waals surface area (Å²) in [6.45, 7) is 4.44. The van der Waals surface area contributed by atoms with Crippen molar-refractivity contribution in [2.45, 2.75) is 13.3 Å². The van der Waals surface area contributed by atoms with Crippen LogP contribution in [0.25, 0.3) is 5.65 Å². The van der Waals surface area contributed by atoms with Crippen LogP contribution in [0.15, 0.2) is 10.9 Å². The van der Waals surface area contributed by atoms with Gasteiger partial charge >= 0.3 is 5.69 Å². The Kier molecular flexibility index (Phi) is 2.75. The van der Waals surface area contributed by atoms with Gasteiger partial charge in [0, 0.05) is 18.5 Å². The van der Waals surface area contributed by atoms with E-state index in [2.05, 4.69) is 20.5 Å². The van der Waals surface area contributed by atoms with Crippen molar-refractivity contribution in [3.05, 3.63) is 22.4 Å². The Balaban J connectivity index is 1.81. The number of nitrogens with one attached hydrogen (secondary N) is 2. The molecule has 0 bridgehead atoms. The highest BCUT2D eigenvalue weighted by molar-refractivity contribution is 5.40. The molecule has 0 spiro atoms. The number of hydrogen-bond acceptors (Lipinski definition) is 5. The third-order valence-corrected chi connectivity index (χ3v) is 3.18. The number of nitrogens with zero attached hydrogens (tertiary/aromatic N) is 3. The Morgan fingerprint density at radius 2 is 2.50 bits per heavy atom. The average Bonchev–Trinajstić information content (AvgIpc) is 2.97. The fourth-order valence-corrected chi connectivity index (χ4v) is 2.20. The Labute approximate surface area is 103 Å². The van der Waals surface area contributed by atoms with Crippen LogP contribution in [0, 0.1) is 12.8 Å². The number of aromatic amines is 1. The molecule has 1 unspecified atom stereocenters. The number of aryl methyl sites for hydroxylation is 1. The number of aromatic nitrogens is 4. The molecule has 7 nitrogen and oxygen atoms in total. The lowest BCUT2D eigenvalue weighted by Gasteiger charge is -2.10. The van der Waals surface area contributed by atoms with Crippen molar-refractivity contribution >= 4 is 5.65 Å². The molecule has 1 atom stereocenters. The van der Waals surface area contributed by atoms with E-state index < -0.39 is 0 Å². The zero-order valence-electron chi connectivity index (χ0n) is 10.1. The predicted molar refractivity (Wildman–Crippen MR) is 64.8 cm³/mol. The van der Waals surface area contributed by atoms with E-state index in [1.165, 1.54) is 4.40 Å². The minimum absolute atomic E-state index is 0.276. The summed E-state index contributed by atoms with van der Waals surface area (Å²) in [5.41, 5.74) is 0.258. The molecule has 1 fully saturated rings. The van der Waals surface area contributed by atoms with Gasteiger partial charge in [-0.3, -0.25) is 0 Å². The first-order valence-electron chi connectivity index (χ1n) is 6.02. The van der Waals surface area contributed by atoms with Crippen LogP contribution in [0.5, 0.6) is 5.88 Å². The van der Waals surface area contributed by atoms with Gasteiger partial charge in [0.15, 0.2) is 5.65 Å². The first-order chi connectivity index (χ1) is 8.74. The van der Waals surface area contributed by atoms with Crippen LogP contribution in [-0.2, 0) is 0 Å². The van der Waals surface area contributed by atoms with Crippen LogP contribution in [-0.4, -0.2) is 39.3 Å². The van der Waals surface area contributed by atoms with Gasteiger partial charge in [-0.2, -0.15) is 10.1 Å². The van der Waals surface area contributed by atoms with Gasteiger partial charge in [-0.15, -0.1) is 0 Å². The fraction of sp³-hybridized carbons (Fsp3) is 0.545. The smallest absolute Gasteiger partial charge is 0.349 e. The summed E-state index contributed by atoms with van der Waals surface area (Å²) < 4.78 is 7.09. The minimum atomic E-state index is -0.276. The number of fused-ring (bicyclic) bond motifs is 1. The maximum absolute atomic E-state index is 11.4. The summed E-state index contributed by atoms with van der Waals surface area (Å²) >= 11 is 0. The molecule has 1 aliphatic heterocycles. The Hall–Kier alpha value is -1.89. The van der Waals surface area contributed by atoms with E-state index in [0.29, 0.717) is 29.9 Å². The third kappa shape index (κ3) is 1.97. The largest absolute Gasteiger partial charge is 0.477 e. The number of ether oxygens (including phenoxy) is 1. The number of rotatable bonds is 3. The normalized spacial score (nSPS) is 19.5. The summed E-state index contributed by atoms with van der Waals surface area (Å²) in [6.07, 6.45) is 1.13. The van der Waals surface area contributed by atoms with Crippen molar-refractivity contribution in [2.75, 3.05) is 19.7 Å². The van der Waals surface area contributed by atoms with Gasteiger partial charge in [-0.05, 0) is 19.9 Å². The van der Waals surface area contributed by atoms with Crippen molar-refractivity contribution in [3.63, 3.8) is 0 Å². The summed E-state index contributed by atoms with van der Waals surface area (Å²) in [4.78, 5) is 15.7. The van der Waals surface area contributed by atoms with E-state index >= 15 is 0 Å². The van der Waals surface area contributed by atoms with Crippen molar-refractivity contribution in [1.82, 2.24) is 24.9 Å². The molecule has 1 aliphatic rings. The summed E-state index contributed by atoms with van der Waals surface area (Å²) in [5.74, 6) is 1.63. The lowest BCUT2D eigenvalue weighted by atomic mass is 10.1. The molecule has 96 valence electrons. The molecule has 0 amide bonds. The molecule has 3 heterocycles. The highest BCUT2D eigenvalue weighted by Crippen LogP contribution is 2.14. The van der Waals surface area contributed by atoms with Gasteiger partial charge in [0.05, 0.1) is 6.61 Å². The molecule has 18 heavy (non-hydrogen) atoms. The van der Waals surface area contributed by atoms with Crippen LogP contribution in [0.2, 0.25) is 0 Å². The molecule has 0 radical (unpaired) electrons. The second-order valence-corrected chi connectivity index (χ2v) is 4.53. The van der Waals surface area contributed by atoms with E-state index in [-0.39, 0.29) is 5.69 Å². The maximum Gasteiger partial charge on any atom is 0.349 e. The van der Waals surface area contributed by atoms with E-state index in [0.717, 1.165) is 19.5 Å². The summed E-state index contributed by atoms with van der Waals surface area (Å²) in [7, 11) is 0. The molecule has 7 heteroatoms. The average molecular weight is 249 g/mol. The lowest BCUT2D eigenvalue weighted by molar-refractivity contribution is 0.250. The van der Waals surface area contributed by atoms with Crippen molar-refractivity contribution in [3.8, 4) is 5.88 Å². The molecule has 3 rings (SSSR count). The number of H-pyrrole nitrogens is 1. The van der Waals surface area contributed by atoms with Crippen LogP contribution in [0.4, 0.5) is 0 Å². The monoisotopic (exact) mass is 249 g/mol. The van der Waals surface area contributed by atoms with Gasteiger partial charge in [-0.25, -0.2) is 14.3 Å². The number of hydrogen-bond donors (Lipinski definition) is 2. The SMILES string of the molecule is Cc1nc(OCC2CCNC2)cc2n[nH]c(=O)n12. The first-order valence-corrected chi connectivity index (χ1v) is 6.02. The van der Waals surface area contributed by atoms with Crippen molar-refractivity contribution in [1.29, 1.82) is 0 Å². The van der Waals surface area contributed by atoms with Gasteiger partial charge in [0.1, 0.15) is 5.82 Å². The van der Waals surface area contributed by atoms with E-state index in [1.807, 2.05) is 0 Å². The highest BCUT2D eigenvalue weighted by atomic mass is 16.5. The maximum atomic E-state index is 11.4. The standard InChI is InChI=1S/C11H15N5O2/c1-7-13-10(18-6-8-2-3-12-5-8)4-9-14-15-11(17)16(7)9/h4,8,12H,2-3,5-6H2,1H3,(H,15,17). The molecule has 0 aliphatic carbocycles. The van der Waals surface area contributed by atoms with Crippen LogP contribution >= 0.6 is 0 Å². The zero-order valence-corrected chi connectivity index (χ0v) is 10.1. The zero-order chi connectivity index (χ0) is 12.5. The Morgan fingerprint density at radius 1 is 1.61 bits per heavy atom. The minimum Gasteiger partial charge on any atom is -0.477 e. The summed E-state index contributed by atoms with van der Waals surface area (Å²) in [5, 5.41) is 9.60. The van der Waals surface area contributed by atoms with Gasteiger partial charge < -0.3 is 10.1 Å². The van der Waals surface area contributed by atoms with Gasteiger partial charge in [-0.1, -0.05) is 0 Å². The molecule has 2 aromatic rings. The predicted octanol–water partition coefficient (Wildman–Crippen LogP) is -0.286. The second-order valence-electron chi connectivity index (χ2n) is 4.53. The van der Waals surface area contributed by atoms with Crippen LogP contribution < -0.4 is 15.7 Å². The van der Waals surface area contributed by atoms with E-state index in [4.69, 9.17) is 4.74 Å². The Bertz CT molecular complexity index is 611.